The Morgan fingerprint density at radius 1 is 1.43 bits per heavy atom. The minimum Gasteiger partial charge on any atom is -0.337 e. The van der Waals surface area contributed by atoms with Crippen molar-refractivity contribution in [2.24, 2.45) is 7.05 Å². The summed E-state index contributed by atoms with van der Waals surface area (Å²) >= 11 is 0. The molecule has 0 radical (unpaired) electrons. The van der Waals surface area contributed by atoms with Gasteiger partial charge in [-0.05, 0) is 31.5 Å². The number of likely N-dealkylation sites (N-methyl/N-ethyl adjacent to an activating group) is 1. The minimum absolute atomic E-state index is 0.0292. The van der Waals surface area contributed by atoms with Gasteiger partial charge in [0.25, 0.3) is 0 Å². The van der Waals surface area contributed by atoms with Gasteiger partial charge in [0, 0.05) is 14.1 Å². The predicted octanol–water partition coefficient (Wildman–Crippen LogP) is 1.67. The molecule has 1 fully saturated rings. The monoisotopic (exact) mass is 286 g/mol. The van der Waals surface area contributed by atoms with E-state index >= 15 is 0 Å². The minimum atomic E-state index is -0.0292. The number of fused-ring (bicyclic) bond motifs is 1. The van der Waals surface area contributed by atoms with Crippen molar-refractivity contribution in [3.05, 3.63) is 30.1 Å². The number of benzene rings is 1. The number of aryl methyl sites for hydroxylation is 1. The smallest absolute Gasteiger partial charge is 0.239 e. The topological polar surface area (TPSA) is 50.2 Å². The fraction of sp³-hybridized carbons (Fsp3) is 0.500. The zero-order chi connectivity index (χ0) is 14.8. The van der Waals surface area contributed by atoms with Crippen LogP contribution < -0.4 is 5.32 Å². The summed E-state index contributed by atoms with van der Waals surface area (Å²) in [4.78, 5) is 18.9. The SMILES string of the molecule is CN(Cc1nc2ccccc2n1C)C(=O)[C@H]1CCCCN1. The largest absolute Gasteiger partial charge is 0.337 e. The van der Waals surface area contributed by atoms with Gasteiger partial charge in [0.2, 0.25) is 5.91 Å². The second-order valence-corrected chi connectivity index (χ2v) is 5.77. The highest BCUT2D eigenvalue weighted by Gasteiger charge is 2.24. The number of nitrogens with one attached hydrogen (secondary N) is 1. The molecule has 0 unspecified atom stereocenters. The Morgan fingerprint density at radius 3 is 2.95 bits per heavy atom. The number of carbonyl (C=O) groups is 1. The fourth-order valence-corrected chi connectivity index (χ4v) is 2.96. The van der Waals surface area contributed by atoms with Crippen LogP contribution in [0.25, 0.3) is 11.0 Å². The molecular weight excluding hydrogens is 264 g/mol. The molecule has 1 aliphatic heterocycles. The first kappa shape index (κ1) is 14.1. The number of amides is 1. The van der Waals surface area contributed by atoms with Crippen LogP contribution in [0, 0.1) is 0 Å². The van der Waals surface area contributed by atoms with Crippen molar-refractivity contribution in [2.45, 2.75) is 31.8 Å². The van der Waals surface area contributed by atoms with E-state index < -0.39 is 0 Å². The number of carbonyl (C=O) groups excluding carboxylic acids is 1. The van der Waals surface area contributed by atoms with E-state index in [0.29, 0.717) is 6.54 Å². The molecule has 0 bridgehead atoms. The average Bonchev–Trinajstić information content (AvgIpc) is 2.84. The number of piperidine rings is 1. The van der Waals surface area contributed by atoms with Crippen molar-refractivity contribution >= 4 is 16.9 Å². The maximum atomic E-state index is 12.5. The molecule has 0 aliphatic carbocycles. The van der Waals surface area contributed by atoms with Crippen LogP contribution in [0.4, 0.5) is 0 Å². The number of hydrogen-bond acceptors (Lipinski definition) is 3. The Hall–Kier alpha value is -1.88. The van der Waals surface area contributed by atoms with E-state index in [1.807, 2.05) is 32.3 Å². The summed E-state index contributed by atoms with van der Waals surface area (Å²) < 4.78 is 2.06. The van der Waals surface area contributed by atoms with Gasteiger partial charge in [-0.25, -0.2) is 4.98 Å². The number of hydrogen-bond donors (Lipinski definition) is 1. The zero-order valence-corrected chi connectivity index (χ0v) is 12.7. The molecule has 0 spiro atoms. The van der Waals surface area contributed by atoms with Crippen molar-refractivity contribution < 1.29 is 4.79 Å². The van der Waals surface area contributed by atoms with Crippen LogP contribution in [-0.4, -0.2) is 40.0 Å². The average molecular weight is 286 g/mol. The molecule has 1 amide bonds. The Bertz CT molecular complexity index is 643. The van der Waals surface area contributed by atoms with Crippen molar-refractivity contribution in [1.82, 2.24) is 19.8 Å². The molecular formula is C16H22N4O. The van der Waals surface area contributed by atoms with E-state index in [0.717, 1.165) is 42.7 Å². The van der Waals surface area contributed by atoms with Gasteiger partial charge in [0.15, 0.2) is 0 Å². The second kappa shape index (κ2) is 5.85. The summed E-state index contributed by atoms with van der Waals surface area (Å²) in [7, 11) is 3.86. The van der Waals surface area contributed by atoms with Gasteiger partial charge < -0.3 is 14.8 Å². The molecule has 2 heterocycles. The Morgan fingerprint density at radius 2 is 2.24 bits per heavy atom. The molecule has 1 N–H and O–H groups in total. The second-order valence-electron chi connectivity index (χ2n) is 5.77. The Labute approximate surface area is 125 Å². The third kappa shape index (κ3) is 2.78. The normalized spacial score (nSPS) is 18.9. The van der Waals surface area contributed by atoms with Gasteiger partial charge in [-0.1, -0.05) is 18.6 Å². The van der Waals surface area contributed by atoms with Crippen LogP contribution in [0.5, 0.6) is 0 Å². The number of aromatic nitrogens is 2. The molecule has 3 rings (SSSR count). The van der Waals surface area contributed by atoms with Crippen LogP contribution in [0.3, 0.4) is 0 Å². The van der Waals surface area contributed by atoms with Gasteiger partial charge >= 0.3 is 0 Å². The summed E-state index contributed by atoms with van der Waals surface area (Å²) in [5, 5.41) is 3.31. The van der Waals surface area contributed by atoms with Crippen LogP contribution in [0.2, 0.25) is 0 Å². The third-order valence-electron chi connectivity index (χ3n) is 4.24. The van der Waals surface area contributed by atoms with Crippen molar-refractivity contribution in [2.75, 3.05) is 13.6 Å². The highest BCUT2D eigenvalue weighted by Crippen LogP contribution is 2.16. The molecule has 1 aromatic carbocycles. The Kier molecular flexibility index (Phi) is 3.92. The molecule has 21 heavy (non-hydrogen) atoms. The van der Waals surface area contributed by atoms with Gasteiger partial charge in [0.05, 0.1) is 23.6 Å². The van der Waals surface area contributed by atoms with E-state index in [4.69, 9.17) is 0 Å². The van der Waals surface area contributed by atoms with Crippen LogP contribution >= 0.6 is 0 Å². The highest BCUT2D eigenvalue weighted by atomic mass is 16.2. The lowest BCUT2D eigenvalue weighted by Crippen LogP contribution is -2.47. The molecule has 1 saturated heterocycles. The van der Waals surface area contributed by atoms with E-state index in [-0.39, 0.29) is 11.9 Å². The first-order valence-electron chi connectivity index (χ1n) is 7.55. The van der Waals surface area contributed by atoms with Gasteiger partial charge in [-0.15, -0.1) is 0 Å². The maximum absolute atomic E-state index is 12.5. The van der Waals surface area contributed by atoms with Crippen molar-refractivity contribution in [3.8, 4) is 0 Å². The zero-order valence-electron chi connectivity index (χ0n) is 12.7. The van der Waals surface area contributed by atoms with Crippen LogP contribution in [0.15, 0.2) is 24.3 Å². The first-order valence-corrected chi connectivity index (χ1v) is 7.55. The lowest BCUT2D eigenvalue weighted by Gasteiger charge is -2.27. The van der Waals surface area contributed by atoms with Crippen molar-refractivity contribution in [1.29, 1.82) is 0 Å². The molecule has 1 aliphatic rings. The lowest BCUT2D eigenvalue weighted by molar-refractivity contribution is -0.133. The maximum Gasteiger partial charge on any atom is 0.239 e. The molecule has 5 nitrogen and oxygen atoms in total. The number of imidazole rings is 1. The summed E-state index contributed by atoms with van der Waals surface area (Å²) in [6.07, 6.45) is 3.23. The third-order valence-corrected chi connectivity index (χ3v) is 4.24. The number of para-hydroxylation sites is 2. The summed E-state index contributed by atoms with van der Waals surface area (Å²) in [5.41, 5.74) is 2.08. The van der Waals surface area contributed by atoms with E-state index in [2.05, 4.69) is 20.9 Å². The molecule has 2 aromatic rings. The summed E-state index contributed by atoms with van der Waals surface area (Å²) in [6.45, 7) is 1.48. The highest BCUT2D eigenvalue weighted by molar-refractivity contribution is 5.82. The number of rotatable bonds is 3. The van der Waals surface area contributed by atoms with E-state index in [1.54, 1.807) is 4.90 Å². The quantitative estimate of drug-likeness (QED) is 0.934. The van der Waals surface area contributed by atoms with Crippen LogP contribution in [0.1, 0.15) is 25.1 Å². The number of nitrogens with zero attached hydrogens (tertiary/aromatic N) is 3. The molecule has 0 saturated carbocycles. The van der Waals surface area contributed by atoms with Gasteiger partial charge in [-0.2, -0.15) is 0 Å². The predicted molar refractivity (Wildman–Crippen MR) is 82.8 cm³/mol. The molecule has 5 heteroatoms. The van der Waals surface area contributed by atoms with E-state index in [1.165, 1.54) is 0 Å². The van der Waals surface area contributed by atoms with Crippen molar-refractivity contribution in [3.63, 3.8) is 0 Å². The summed E-state index contributed by atoms with van der Waals surface area (Å²) in [5.74, 6) is 1.09. The van der Waals surface area contributed by atoms with E-state index in [9.17, 15) is 4.79 Å². The van der Waals surface area contributed by atoms with Gasteiger partial charge in [0.1, 0.15) is 5.82 Å². The summed E-state index contributed by atoms with van der Waals surface area (Å²) in [6, 6.07) is 8.02. The first-order chi connectivity index (χ1) is 10.2. The molecule has 1 atom stereocenters. The molecule has 1 aromatic heterocycles. The fourth-order valence-electron chi connectivity index (χ4n) is 2.96. The van der Waals surface area contributed by atoms with Crippen LogP contribution in [-0.2, 0) is 18.4 Å². The lowest BCUT2D eigenvalue weighted by atomic mass is 10.0. The standard InChI is InChI=1S/C16H22N4O/c1-19(16(21)13-8-5-6-10-17-13)11-15-18-12-7-3-4-9-14(12)20(15)2/h3-4,7,9,13,17H,5-6,8,10-11H2,1-2H3/t13-/m1/s1. The Balaban J connectivity index is 1.75. The molecule has 112 valence electrons. The van der Waals surface area contributed by atoms with Gasteiger partial charge in [-0.3, -0.25) is 4.79 Å².